The lowest BCUT2D eigenvalue weighted by Crippen LogP contribution is -2.37. The van der Waals surface area contributed by atoms with Gasteiger partial charge in [0.2, 0.25) is 0 Å². The maximum atomic E-state index is 11.2. The Balaban J connectivity index is 2.14. The molecule has 1 heterocycles. The van der Waals surface area contributed by atoms with Gasteiger partial charge in [-0.3, -0.25) is 10.1 Å². The number of benzene rings is 1. The van der Waals surface area contributed by atoms with E-state index in [1.165, 1.54) is 15.0 Å². The molecular formula is C15H19NO2S. The van der Waals surface area contributed by atoms with Gasteiger partial charge in [-0.15, -0.1) is 11.3 Å². The van der Waals surface area contributed by atoms with E-state index in [0.29, 0.717) is 6.42 Å². The molecule has 0 aliphatic rings. The molecule has 0 amide bonds. The molecule has 2 unspecified atom stereocenters. The second kappa shape index (κ2) is 6.17. The molecule has 1 aromatic heterocycles. The first-order valence-electron chi connectivity index (χ1n) is 6.59. The highest BCUT2D eigenvalue weighted by Gasteiger charge is 2.20. The van der Waals surface area contributed by atoms with E-state index in [9.17, 15) is 9.90 Å². The number of fused-ring (bicyclic) bond motifs is 1. The van der Waals surface area contributed by atoms with Gasteiger partial charge in [0.05, 0.1) is 0 Å². The first-order chi connectivity index (χ1) is 9.11. The fraction of sp³-hybridized carbons (Fsp3) is 0.400. The van der Waals surface area contributed by atoms with E-state index >= 15 is 0 Å². The van der Waals surface area contributed by atoms with E-state index in [0.717, 1.165) is 6.42 Å². The third kappa shape index (κ3) is 3.33. The molecule has 0 spiro atoms. The van der Waals surface area contributed by atoms with Gasteiger partial charge in [-0.2, -0.15) is 0 Å². The first-order valence-corrected chi connectivity index (χ1v) is 7.40. The number of thiophene rings is 1. The van der Waals surface area contributed by atoms with Crippen LogP contribution >= 0.6 is 11.3 Å². The first kappa shape index (κ1) is 14.0. The number of aliphatic carboxylic acids is 1. The fourth-order valence-electron chi connectivity index (χ4n) is 2.17. The van der Waals surface area contributed by atoms with Crippen LogP contribution < -0.4 is 5.32 Å². The van der Waals surface area contributed by atoms with E-state index in [-0.39, 0.29) is 6.04 Å². The van der Waals surface area contributed by atoms with Crippen LogP contribution in [0, 0.1) is 0 Å². The number of hydrogen-bond donors (Lipinski definition) is 2. The van der Waals surface area contributed by atoms with Crippen molar-refractivity contribution in [3.8, 4) is 0 Å². The molecular weight excluding hydrogens is 258 g/mol. The molecule has 1 aromatic carbocycles. The van der Waals surface area contributed by atoms with Gasteiger partial charge in [-0.05, 0) is 30.9 Å². The maximum absolute atomic E-state index is 11.2. The molecule has 2 rings (SSSR count). The maximum Gasteiger partial charge on any atom is 0.320 e. The van der Waals surface area contributed by atoms with Crippen molar-refractivity contribution < 1.29 is 9.90 Å². The van der Waals surface area contributed by atoms with Crippen molar-refractivity contribution in [2.75, 3.05) is 0 Å². The van der Waals surface area contributed by atoms with Crippen molar-refractivity contribution in [3.63, 3.8) is 0 Å². The van der Waals surface area contributed by atoms with Crippen molar-refractivity contribution in [1.29, 1.82) is 0 Å². The van der Waals surface area contributed by atoms with E-state index < -0.39 is 12.0 Å². The largest absolute Gasteiger partial charge is 0.480 e. The number of nitrogens with one attached hydrogen (secondary N) is 1. The third-order valence-electron chi connectivity index (χ3n) is 3.20. The smallest absolute Gasteiger partial charge is 0.320 e. The van der Waals surface area contributed by atoms with Crippen LogP contribution in [0.5, 0.6) is 0 Å². The van der Waals surface area contributed by atoms with Crippen LogP contribution in [0.2, 0.25) is 0 Å². The third-order valence-corrected chi connectivity index (χ3v) is 4.50. The molecule has 0 saturated carbocycles. The SMILES string of the molecule is CCCC(NC(C)c1cc2ccccc2s1)C(=O)O. The van der Waals surface area contributed by atoms with Crippen molar-refractivity contribution >= 4 is 27.4 Å². The lowest BCUT2D eigenvalue weighted by atomic mass is 10.1. The van der Waals surface area contributed by atoms with Gasteiger partial charge in [0, 0.05) is 15.6 Å². The second-order valence-corrected chi connectivity index (χ2v) is 5.87. The number of rotatable bonds is 6. The highest BCUT2D eigenvalue weighted by molar-refractivity contribution is 7.19. The summed E-state index contributed by atoms with van der Waals surface area (Å²) in [4.78, 5) is 12.4. The van der Waals surface area contributed by atoms with E-state index in [1.54, 1.807) is 11.3 Å². The number of carbonyl (C=O) groups is 1. The molecule has 2 aromatic rings. The second-order valence-electron chi connectivity index (χ2n) is 4.75. The molecule has 2 N–H and O–H groups in total. The summed E-state index contributed by atoms with van der Waals surface area (Å²) in [5.41, 5.74) is 0. The predicted molar refractivity (Wildman–Crippen MR) is 79.7 cm³/mol. The Hall–Kier alpha value is -1.39. The van der Waals surface area contributed by atoms with Gasteiger partial charge < -0.3 is 5.11 Å². The quantitative estimate of drug-likeness (QED) is 0.844. The van der Waals surface area contributed by atoms with Crippen molar-refractivity contribution in [3.05, 3.63) is 35.2 Å². The minimum absolute atomic E-state index is 0.0602. The molecule has 0 aliphatic heterocycles. The molecule has 2 atom stereocenters. The molecule has 3 nitrogen and oxygen atoms in total. The van der Waals surface area contributed by atoms with Gasteiger partial charge in [0.15, 0.2) is 0 Å². The minimum Gasteiger partial charge on any atom is -0.480 e. The van der Waals surface area contributed by atoms with Gasteiger partial charge in [-0.25, -0.2) is 0 Å². The topological polar surface area (TPSA) is 49.3 Å². The zero-order chi connectivity index (χ0) is 13.8. The van der Waals surface area contributed by atoms with Gasteiger partial charge in [0.25, 0.3) is 0 Å². The zero-order valence-electron chi connectivity index (χ0n) is 11.2. The minimum atomic E-state index is -0.769. The molecule has 0 bridgehead atoms. The summed E-state index contributed by atoms with van der Waals surface area (Å²) in [5.74, 6) is -0.769. The molecule has 0 radical (unpaired) electrons. The Labute approximate surface area is 117 Å². The van der Waals surface area contributed by atoms with Crippen LogP contribution in [0.25, 0.3) is 10.1 Å². The Morgan fingerprint density at radius 2 is 2.16 bits per heavy atom. The molecule has 102 valence electrons. The van der Waals surface area contributed by atoms with Crippen LogP contribution in [-0.2, 0) is 4.79 Å². The molecule has 0 saturated heterocycles. The fourth-order valence-corrected chi connectivity index (χ4v) is 3.24. The van der Waals surface area contributed by atoms with Crippen LogP contribution in [0.3, 0.4) is 0 Å². The molecule has 4 heteroatoms. The Kier molecular flexibility index (Phi) is 4.56. The highest BCUT2D eigenvalue weighted by atomic mass is 32.1. The lowest BCUT2D eigenvalue weighted by molar-refractivity contribution is -0.139. The number of carboxylic acid groups (broad SMARTS) is 1. The summed E-state index contributed by atoms with van der Waals surface area (Å²) in [6, 6.07) is 9.96. The van der Waals surface area contributed by atoms with E-state index in [2.05, 4.69) is 23.5 Å². The highest BCUT2D eigenvalue weighted by Crippen LogP contribution is 2.29. The summed E-state index contributed by atoms with van der Waals surface area (Å²) < 4.78 is 1.24. The normalized spacial score (nSPS) is 14.4. The van der Waals surface area contributed by atoms with Crippen molar-refractivity contribution in [2.24, 2.45) is 0 Å². The Bertz CT molecular complexity index is 531. The average Bonchev–Trinajstić information content (AvgIpc) is 2.81. The average molecular weight is 277 g/mol. The van der Waals surface area contributed by atoms with E-state index in [4.69, 9.17) is 0 Å². The van der Waals surface area contributed by atoms with Crippen LogP contribution in [0.15, 0.2) is 30.3 Å². The standard InChI is InChI=1S/C15H19NO2S/c1-3-6-12(15(17)18)16-10(2)14-9-11-7-4-5-8-13(11)19-14/h4-5,7-10,12,16H,3,6H2,1-2H3,(H,17,18). The summed E-state index contributed by atoms with van der Waals surface area (Å²) >= 11 is 1.72. The predicted octanol–water partition coefficient (Wildman–Crippen LogP) is 3.81. The monoisotopic (exact) mass is 277 g/mol. The van der Waals surface area contributed by atoms with Crippen LogP contribution in [-0.4, -0.2) is 17.1 Å². The van der Waals surface area contributed by atoms with Crippen LogP contribution in [0.4, 0.5) is 0 Å². The van der Waals surface area contributed by atoms with Crippen molar-refractivity contribution in [2.45, 2.75) is 38.8 Å². The number of carboxylic acids is 1. The Morgan fingerprint density at radius 3 is 2.79 bits per heavy atom. The summed E-state index contributed by atoms with van der Waals surface area (Å²) in [6.07, 6.45) is 1.52. The number of hydrogen-bond acceptors (Lipinski definition) is 3. The van der Waals surface area contributed by atoms with Gasteiger partial charge >= 0.3 is 5.97 Å². The van der Waals surface area contributed by atoms with E-state index in [1.807, 2.05) is 26.0 Å². The zero-order valence-corrected chi connectivity index (χ0v) is 12.0. The summed E-state index contributed by atoms with van der Waals surface area (Å²) in [5, 5.41) is 13.6. The Morgan fingerprint density at radius 1 is 1.42 bits per heavy atom. The summed E-state index contributed by atoms with van der Waals surface area (Å²) in [7, 11) is 0. The molecule has 19 heavy (non-hydrogen) atoms. The lowest BCUT2D eigenvalue weighted by Gasteiger charge is -2.18. The summed E-state index contributed by atoms with van der Waals surface area (Å²) in [6.45, 7) is 4.03. The van der Waals surface area contributed by atoms with Gasteiger partial charge in [0.1, 0.15) is 6.04 Å². The van der Waals surface area contributed by atoms with Gasteiger partial charge in [-0.1, -0.05) is 31.5 Å². The molecule has 0 aliphatic carbocycles. The van der Waals surface area contributed by atoms with Crippen molar-refractivity contribution in [1.82, 2.24) is 5.32 Å². The molecule has 0 fully saturated rings. The van der Waals surface area contributed by atoms with Crippen LogP contribution in [0.1, 0.15) is 37.6 Å².